The van der Waals surface area contributed by atoms with Crippen LogP contribution in [0.4, 0.5) is 11.4 Å². The first kappa shape index (κ1) is 26.1. The minimum absolute atomic E-state index is 0.0549. The fourth-order valence-electron chi connectivity index (χ4n) is 4.74. The highest BCUT2D eigenvalue weighted by molar-refractivity contribution is 7.92. The lowest BCUT2D eigenvalue weighted by Crippen LogP contribution is -2.29. The Labute approximate surface area is 227 Å². The predicted molar refractivity (Wildman–Crippen MR) is 146 cm³/mol. The Balaban J connectivity index is 1.16. The Morgan fingerprint density at radius 3 is 2.42 bits per heavy atom. The molecule has 0 aromatic heterocycles. The SMILES string of the molecule is O=C(COc1ccc(S(=O)(=O)N2CCc3ccccc32)cc1Cl)Nc1ccc(CC(=O)N2CCCC2)cc1. The van der Waals surface area contributed by atoms with E-state index in [4.69, 9.17) is 16.3 Å². The summed E-state index contributed by atoms with van der Waals surface area (Å²) in [4.78, 5) is 26.7. The van der Waals surface area contributed by atoms with Gasteiger partial charge in [0.05, 0.1) is 22.0 Å². The lowest BCUT2D eigenvalue weighted by molar-refractivity contribution is -0.129. The summed E-state index contributed by atoms with van der Waals surface area (Å²) in [6, 6.07) is 18.8. The Bertz CT molecular complexity index is 1450. The van der Waals surface area contributed by atoms with Gasteiger partial charge in [-0.1, -0.05) is 41.9 Å². The fraction of sp³-hybridized carbons (Fsp3) is 0.286. The van der Waals surface area contributed by atoms with Gasteiger partial charge in [0, 0.05) is 25.3 Å². The van der Waals surface area contributed by atoms with E-state index in [1.54, 1.807) is 18.2 Å². The molecular formula is C28H28ClN3O5S. The highest BCUT2D eigenvalue weighted by Crippen LogP contribution is 2.35. The molecule has 1 fully saturated rings. The van der Waals surface area contributed by atoms with Crippen LogP contribution in [0.5, 0.6) is 5.75 Å². The van der Waals surface area contributed by atoms with Crippen molar-refractivity contribution in [2.75, 3.05) is 35.9 Å². The summed E-state index contributed by atoms with van der Waals surface area (Å²) in [6.45, 7) is 1.71. The first-order valence-electron chi connectivity index (χ1n) is 12.5. The maximum atomic E-state index is 13.2. The van der Waals surface area contributed by atoms with Crippen molar-refractivity contribution in [1.82, 2.24) is 4.90 Å². The molecule has 5 rings (SSSR count). The average molecular weight is 554 g/mol. The van der Waals surface area contributed by atoms with Gasteiger partial charge in [-0.25, -0.2) is 8.42 Å². The molecule has 38 heavy (non-hydrogen) atoms. The maximum absolute atomic E-state index is 13.2. The van der Waals surface area contributed by atoms with Crippen molar-refractivity contribution in [2.45, 2.75) is 30.6 Å². The van der Waals surface area contributed by atoms with Crippen LogP contribution in [-0.4, -0.2) is 51.4 Å². The number of amides is 2. The van der Waals surface area contributed by atoms with Gasteiger partial charge in [0.1, 0.15) is 5.75 Å². The third-order valence-electron chi connectivity index (χ3n) is 6.75. The standard InChI is InChI=1S/C28H28ClN3O5S/c29-24-18-23(38(35,36)32-16-13-21-5-1-2-6-25(21)32)11-12-26(24)37-19-27(33)30-22-9-7-20(8-10-22)17-28(34)31-14-3-4-15-31/h1-2,5-12,18H,3-4,13-17,19H2,(H,30,33). The first-order chi connectivity index (χ1) is 18.3. The second-order valence-corrected chi connectivity index (χ2v) is 11.6. The number of nitrogens with zero attached hydrogens (tertiary/aromatic N) is 2. The lowest BCUT2D eigenvalue weighted by Gasteiger charge is -2.20. The normalized spacial score (nSPS) is 14.9. The summed E-state index contributed by atoms with van der Waals surface area (Å²) < 4.78 is 33.4. The summed E-state index contributed by atoms with van der Waals surface area (Å²) >= 11 is 6.32. The van der Waals surface area contributed by atoms with Crippen molar-refractivity contribution < 1.29 is 22.7 Å². The van der Waals surface area contributed by atoms with E-state index in [-0.39, 0.29) is 28.2 Å². The zero-order valence-electron chi connectivity index (χ0n) is 20.7. The second kappa shape index (κ2) is 11.0. The van der Waals surface area contributed by atoms with E-state index >= 15 is 0 Å². The van der Waals surface area contributed by atoms with Gasteiger partial charge in [-0.2, -0.15) is 0 Å². The topological polar surface area (TPSA) is 96.0 Å². The number of benzene rings is 3. The molecule has 2 aliphatic heterocycles. The van der Waals surface area contributed by atoms with Crippen LogP contribution >= 0.6 is 11.6 Å². The van der Waals surface area contributed by atoms with Gasteiger partial charge in [0.2, 0.25) is 5.91 Å². The van der Waals surface area contributed by atoms with Crippen LogP contribution in [0.3, 0.4) is 0 Å². The highest BCUT2D eigenvalue weighted by Gasteiger charge is 2.31. The number of hydrogen-bond donors (Lipinski definition) is 1. The van der Waals surface area contributed by atoms with Gasteiger partial charge in [-0.3, -0.25) is 13.9 Å². The van der Waals surface area contributed by atoms with Crippen LogP contribution in [0.15, 0.2) is 71.6 Å². The molecule has 10 heteroatoms. The number of hydrogen-bond acceptors (Lipinski definition) is 5. The Kier molecular flexibility index (Phi) is 7.58. The largest absolute Gasteiger partial charge is 0.482 e. The van der Waals surface area contributed by atoms with Crippen LogP contribution in [0.1, 0.15) is 24.0 Å². The molecule has 0 unspecified atom stereocenters. The summed E-state index contributed by atoms with van der Waals surface area (Å²) in [6.07, 6.45) is 3.10. The van der Waals surface area contributed by atoms with Crippen LogP contribution in [-0.2, 0) is 32.5 Å². The van der Waals surface area contributed by atoms with Crippen LogP contribution in [0.2, 0.25) is 5.02 Å². The highest BCUT2D eigenvalue weighted by atomic mass is 35.5. The summed E-state index contributed by atoms with van der Waals surface area (Å²) in [7, 11) is -3.79. The van der Waals surface area contributed by atoms with Gasteiger partial charge < -0.3 is 15.0 Å². The minimum Gasteiger partial charge on any atom is -0.482 e. The number of sulfonamides is 1. The number of fused-ring (bicyclic) bond motifs is 1. The third kappa shape index (κ3) is 5.63. The van der Waals surface area contributed by atoms with Crippen molar-refractivity contribution in [1.29, 1.82) is 0 Å². The van der Waals surface area contributed by atoms with E-state index in [1.165, 1.54) is 22.5 Å². The number of carbonyl (C=O) groups is 2. The van der Waals surface area contributed by atoms with E-state index in [0.717, 1.165) is 37.1 Å². The molecular weight excluding hydrogens is 526 g/mol. The quantitative estimate of drug-likeness (QED) is 0.449. The van der Waals surface area contributed by atoms with E-state index in [2.05, 4.69) is 5.32 Å². The van der Waals surface area contributed by atoms with Crippen molar-refractivity contribution in [3.8, 4) is 5.75 Å². The van der Waals surface area contributed by atoms with Crippen LogP contribution in [0.25, 0.3) is 0 Å². The van der Waals surface area contributed by atoms with Crippen molar-refractivity contribution in [3.05, 3.63) is 82.9 Å². The second-order valence-electron chi connectivity index (χ2n) is 9.35. The summed E-state index contributed by atoms with van der Waals surface area (Å²) in [5.74, 6) is -0.0701. The Morgan fingerprint density at radius 1 is 0.947 bits per heavy atom. The molecule has 1 saturated heterocycles. The molecule has 0 radical (unpaired) electrons. The number of halogens is 1. The zero-order chi connectivity index (χ0) is 26.7. The Hall–Kier alpha value is -3.56. The van der Waals surface area contributed by atoms with E-state index in [1.807, 2.05) is 35.2 Å². The molecule has 198 valence electrons. The smallest absolute Gasteiger partial charge is 0.264 e. The number of ether oxygens (including phenoxy) is 1. The molecule has 2 heterocycles. The monoisotopic (exact) mass is 553 g/mol. The number of para-hydroxylation sites is 1. The van der Waals surface area contributed by atoms with Crippen LogP contribution in [0, 0.1) is 0 Å². The predicted octanol–water partition coefficient (Wildman–Crippen LogP) is 4.27. The first-order valence-corrected chi connectivity index (χ1v) is 14.3. The number of likely N-dealkylation sites (tertiary alicyclic amines) is 1. The summed E-state index contributed by atoms with van der Waals surface area (Å²) in [5, 5.41) is 2.84. The Morgan fingerprint density at radius 2 is 1.68 bits per heavy atom. The number of rotatable bonds is 8. The molecule has 3 aromatic rings. The zero-order valence-corrected chi connectivity index (χ0v) is 22.3. The van der Waals surface area contributed by atoms with Crippen molar-refractivity contribution in [2.24, 2.45) is 0 Å². The molecule has 3 aromatic carbocycles. The molecule has 0 spiro atoms. The number of carbonyl (C=O) groups excluding carboxylic acids is 2. The lowest BCUT2D eigenvalue weighted by atomic mass is 10.1. The number of anilines is 2. The van der Waals surface area contributed by atoms with E-state index < -0.39 is 15.9 Å². The minimum atomic E-state index is -3.79. The van der Waals surface area contributed by atoms with Gasteiger partial charge in [0.15, 0.2) is 6.61 Å². The third-order valence-corrected chi connectivity index (χ3v) is 8.85. The average Bonchev–Trinajstić information content (AvgIpc) is 3.60. The molecule has 0 atom stereocenters. The van der Waals surface area contributed by atoms with Gasteiger partial charge >= 0.3 is 0 Å². The van der Waals surface area contributed by atoms with E-state index in [9.17, 15) is 18.0 Å². The molecule has 2 aliphatic rings. The van der Waals surface area contributed by atoms with E-state index in [0.29, 0.717) is 30.8 Å². The molecule has 0 bridgehead atoms. The van der Waals surface area contributed by atoms with Crippen LogP contribution < -0.4 is 14.4 Å². The maximum Gasteiger partial charge on any atom is 0.264 e. The van der Waals surface area contributed by atoms with Gasteiger partial charge in [-0.05, 0) is 66.8 Å². The van der Waals surface area contributed by atoms with Crippen molar-refractivity contribution in [3.63, 3.8) is 0 Å². The molecule has 0 aliphatic carbocycles. The summed E-state index contributed by atoms with van der Waals surface area (Å²) in [5.41, 5.74) is 3.12. The molecule has 2 amide bonds. The molecule has 8 nitrogen and oxygen atoms in total. The van der Waals surface area contributed by atoms with Gasteiger partial charge in [0.25, 0.3) is 15.9 Å². The van der Waals surface area contributed by atoms with Gasteiger partial charge in [-0.15, -0.1) is 0 Å². The van der Waals surface area contributed by atoms with Crippen molar-refractivity contribution >= 4 is 44.8 Å². The fourth-order valence-corrected chi connectivity index (χ4v) is 6.57. The number of nitrogens with one attached hydrogen (secondary N) is 1. The molecule has 0 saturated carbocycles. The molecule has 1 N–H and O–H groups in total.